The van der Waals surface area contributed by atoms with E-state index in [1.807, 2.05) is 25.1 Å². The molecule has 0 aromatic carbocycles. The van der Waals surface area contributed by atoms with Gasteiger partial charge < -0.3 is 10.2 Å². The van der Waals surface area contributed by atoms with Crippen LogP contribution < -0.4 is 10.2 Å². The lowest BCUT2D eigenvalue weighted by atomic mass is 9.93. The Morgan fingerprint density at radius 3 is 2.70 bits per heavy atom. The second kappa shape index (κ2) is 9.51. The zero-order valence-electron chi connectivity index (χ0n) is 18.0. The molecular weight excluding hydrogens is 376 g/mol. The van der Waals surface area contributed by atoms with E-state index in [1.165, 1.54) is 5.56 Å². The number of carbonyl (C=O) groups excluding carboxylic acids is 1. The normalized spacial score (nSPS) is 20.9. The molecule has 7 nitrogen and oxygen atoms in total. The average molecular weight is 409 g/mol. The Hall–Kier alpha value is -2.54. The number of likely N-dealkylation sites (tertiary alicyclic amines) is 1. The van der Waals surface area contributed by atoms with E-state index in [4.69, 9.17) is 0 Å². The molecule has 1 N–H and O–H groups in total. The van der Waals surface area contributed by atoms with Crippen molar-refractivity contribution in [3.05, 3.63) is 47.7 Å². The van der Waals surface area contributed by atoms with Crippen LogP contribution in [0.25, 0.3) is 0 Å². The molecule has 0 aliphatic carbocycles. The van der Waals surface area contributed by atoms with Crippen molar-refractivity contribution in [2.45, 2.75) is 52.1 Å². The number of piperidine rings is 2. The smallest absolute Gasteiger partial charge is 0.224 e. The highest BCUT2D eigenvalue weighted by atomic mass is 16.1. The molecule has 4 heterocycles. The second-order valence-corrected chi connectivity index (χ2v) is 8.50. The van der Waals surface area contributed by atoms with Crippen LogP contribution in [-0.2, 0) is 11.3 Å². The number of aryl methyl sites for hydroxylation is 1. The third-order valence-electron chi connectivity index (χ3n) is 6.58. The summed E-state index contributed by atoms with van der Waals surface area (Å²) < 4.78 is 0. The summed E-state index contributed by atoms with van der Waals surface area (Å²) in [5.74, 6) is 1.31. The van der Waals surface area contributed by atoms with E-state index >= 15 is 0 Å². The summed E-state index contributed by atoms with van der Waals surface area (Å²) in [4.78, 5) is 30.8. The Morgan fingerprint density at radius 2 is 1.93 bits per heavy atom. The molecule has 0 bridgehead atoms. The van der Waals surface area contributed by atoms with Crippen LogP contribution in [0.3, 0.4) is 0 Å². The molecule has 0 spiro atoms. The number of hydrogen-bond acceptors (Lipinski definition) is 6. The van der Waals surface area contributed by atoms with Crippen molar-refractivity contribution in [2.24, 2.45) is 5.92 Å². The molecule has 7 heteroatoms. The van der Waals surface area contributed by atoms with Gasteiger partial charge in [-0.25, -0.2) is 9.97 Å². The van der Waals surface area contributed by atoms with Crippen LogP contribution in [0.15, 0.2) is 30.7 Å². The second-order valence-electron chi connectivity index (χ2n) is 8.50. The fourth-order valence-electron chi connectivity index (χ4n) is 4.66. The van der Waals surface area contributed by atoms with E-state index in [2.05, 4.69) is 37.0 Å². The molecule has 2 saturated heterocycles. The van der Waals surface area contributed by atoms with Crippen molar-refractivity contribution < 1.29 is 4.79 Å². The first kappa shape index (κ1) is 20.7. The van der Waals surface area contributed by atoms with Gasteiger partial charge in [-0.1, -0.05) is 6.07 Å². The lowest BCUT2D eigenvalue weighted by Crippen LogP contribution is -2.51. The van der Waals surface area contributed by atoms with Crippen LogP contribution >= 0.6 is 0 Å². The van der Waals surface area contributed by atoms with Crippen LogP contribution in [0.5, 0.6) is 0 Å². The maximum Gasteiger partial charge on any atom is 0.224 e. The number of hydrogen-bond donors (Lipinski definition) is 1. The lowest BCUT2D eigenvalue weighted by Gasteiger charge is -2.42. The van der Waals surface area contributed by atoms with Gasteiger partial charge in [0.1, 0.15) is 12.1 Å². The predicted octanol–water partition coefficient (Wildman–Crippen LogP) is 2.49. The minimum atomic E-state index is 0.0762. The van der Waals surface area contributed by atoms with Gasteiger partial charge in [-0.15, -0.1) is 0 Å². The van der Waals surface area contributed by atoms with Gasteiger partial charge in [-0.05, 0) is 58.2 Å². The van der Waals surface area contributed by atoms with E-state index in [-0.39, 0.29) is 11.8 Å². The Bertz CT molecular complexity index is 850. The van der Waals surface area contributed by atoms with Gasteiger partial charge in [-0.2, -0.15) is 0 Å². The molecule has 1 atom stereocenters. The predicted molar refractivity (Wildman–Crippen MR) is 117 cm³/mol. The van der Waals surface area contributed by atoms with E-state index in [0.29, 0.717) is 12.6 Å². The van der Waals surface area contributed by atoms with Crippen molar-refractivity contribution >= 4 is 11.7 Å². The molecular formula is C23H32N6O. The minimum Gasteiger partial charge on any atom is -0.356 e. The largest absolute Gasteiger partial charge is 0.356 e. The Labute approximate surface area is 178 Å². The number of nitrogens with one attached hydrogen (secondary N) is 1. The lowest BCUT2D eigenvalue weighted by molar-refractivity contribution is -0.127. The molecule has 0 unspecified atom stereocenters. The Balaban J connectivity index is 1.29. The zero-order chi connectivity index (χ0) is 20.9. The highest BCUT2D eigenvalue weighted by Crippen LogP contribution is 2.27. The van der Waals surface area contributed by atoms with Gasteiger partial charge in [0.15, 0.2) is 0 Å². The monoisotopic (exact) mass is 408 g/mol. The third kappa shape index (κ3) is 4.78. The van der Waals surface area contributed by atoms with Crippen LogP contribution in [0, 0.1) is 19.8 Å². The summed E-state index contributed by atoms with van der Waals surface area (Å²) >= 11 is 0. The van der Waals surface area contributed by atoms with Crippen LogP contribution in [0.4, 0.5) is 5.82 Å². The number of amides is 1. The van der Waals surface area contributed by atoms with Crippen molar-refractivity contribution in [1.29, 1.82) is 0 Å². The maximum absolute atomic E-state index is 12.7. The van der Waals surface area contributed by atoms with Gasteiger partial charge in [-0.3, -0.25) is 14.7 Å². The summed E-state index contributed by atoms with van der Waals surface area (Å²) in [6, 6.07) is 6.34. The van der Waals surface area contributed by atoms with Crippen molar-refractivity contribution in [3.8, 4) is 0 Å². The van der Waals surface area contributed by atoms with E-state index in [0.717, 1.165) is 69.1 Å². The first-order valence-electron chi connectivity index (χ1n) is 11.1. The number of pyridine rings is 1. The Morgan fingerprint density at radius 1 is 1.10 bits per heavy atom. The van der Waals surface area contributed by atoms with Gasteiger partial charge in [0.25, 0.3) is 0 Å². The van der Waals surface area contributed by atoms with Crippen molar-refractivity contribution in [1.82, 2.24) is 25.2 Å². The molecule has 2 aliphatic rings. The summed E-state index contributed by atoms with van der Waals surface area (Å²) in [5, 5.41) is 3.08. The molecule has 2 aromatic rings. The van der Waals surface area contributed by atoms with Crippen LogP contribution in [0.2, 0.25) is 0 Å². The van der Waals surface area contributed by atoms with Gasteiger partial charge >= 0.3 is 0 Å². The fraction of sp³-hybridized carbons (Fsp3) is 0.565. The molecule has 4 rings (SSSR count). The summed E-state index contributed by atoms with van der Waals surface area (Å²) in [7, 11) is 0. The van der Waals surface area contributed by atoms with E-state index in [1.54, 1.807) is 12.5 Å². The molecule has 160 valence electrons. The number of nitrogens with zero attached hydrogens (tertiary/aromatic N) is 5. The molecule has 0 saturated carbocycles. The zero-order valence-corrected chi connectivity index (χ0v) is 18.0. The highest BCUT2D eigenvalue weighted by Gasteiger charge is 2.32. The van der Waals surface area contributed by atoms with Crippen LogP contribution in [-0.4, -0.2) is 58.0 Å². The number of rotatable bonds is 5. The third-order valence-corrected chi connectivity index (χ3v) is 6.58. The maximum atomic E-state index is 12.7. The van der Waals surface area contributed by atoms with Gasteiger partial charge in [0, 0.05) is 43.1 Å². The SMILES string of the molecule is Cc1ncnc(N2CCC(N3CCC[C@H](C(=O)NCc4ccccn4)C3)CC2)c1C. The summed E-state index contributed by atoms with van der Waals surface area (Å²) in [5.41, 5.74) is 3.14. The quantitative estimate of drug-likeness (QED) is 0.819. The van der Waals surface area contributed by atoms with Crippen LogP contribution in [0.1, 0.15) is 42.6 Å². The highest BCUT2D eigenvalue weighted by molar-refractivity contribution is 5.78. The van der Waals surface area contributed by atoms with Crippen molar-refractivity contribution in [3.63, 3.8) is 0 Å². The summed E-state index contributed by atoms with van der Waals surface area (Å²) in [6.45, 7) is 8.64. The molecule has 2 aliphatic heterocycles. The Kier molecular flexibility index (Phi) is 6.57. The number of aromatic nitrogens is 3. The first-order valence-corrected chi connectivity index (χ1v) is 11.1. The number of anilines is 1. The first-order chi connectivity index (χ1) is 14.6. The molecule has 1 amide bonds. The minimum absolute atomic E-state index is 0.0762. The molecule has 2 fully saturated rings. The number of carbonyl (C=O) groups is 1. The molecule has 0 radical (unpaired) electrons. The van der Waals surface area contributed by atoms with E-state index in [9.17, 15) is 4.79 Å². The van der Waals surface area contributed by atoms with E-state index < -0.39 is 0 Å². The molecule has 30 heavy (non-hydrogen) atoms. The standard InChI is InChI=1S/C23H32N6O/c1-17-18(2)26-16-27-22(17)28-12-8-21(9-13-28)29-11-5-6-19(15-29)23(30)25-14-20-7-3-4-10-24-20/h3-4,7,10,16,19,21H,5-6,8-9,11-15H2,1-2H3,(H,25,30)/t19-/m0/s1. The van der Waals surface area contributed by atoms with Crippen molar-refractivity contribution in [2.75, 3.05) is 31.1 Å². The fourth-order valence-corrected chi connectivity index (χ4v) is 4.66. The van der Waals surface area contributed by atoms with Gasteiger partial charge in [0.2, 0.25) is 5.91 Å². The van der Waals surface area contributed by atoms with Gasteiger partial charge in [0.05, 0.1) is 18.2 Å². The average Bonchev–Trinajstić information content (AvgIpc) is 2.80. The molecule has 2 aromatic heterocycles. The topological polar surface area (TPSA) is 74.2 Å². The summed E-state index contributed by atoms with van der Waals surface area (Å²) in [6.07, 6.45) is 7.73.